The van der Waals surface area contributed by atoms with Crippen molar-refractivity contribution in [3.8, 4) is 11.1 Å². The Morgan fingerprint density at radius 3 is 2.76 bits per heavy atom. The Hall–Kier alpha value is -3.52. The summed E-state index contributed by atoms with van der Waals surface area (Å²) < 4.78 is 18.6. The van der Waals surface area contributed by atoms with Crippen molar-refractivity contribution in [1.29, 1.82) is 0 Å². The van der Waals surface area contributed by atoms with Gasteiger partial charge in [-0.3, -0.25) is 9.48 Å². The average molecular weight is 462 g/mol. The number of benzene rings is 1. The number of halogens is 1. The minimum atomic E-state index is -0.536. The summed E-state index contributed by atoms with van der Waals surface area (Å²) >= 11 is 0. The fourth-order valence-electron chi connectivity index (χ4n) is 4.79. The first-order valence-corrected chi connectivity index (χ1v) is 11.6. The zero-order valence-corrected chi connectivity index (χ0v) is 19.3. The Labute approximate surface area is 197 Å². The van der Waals surface area contributed by atoms with Gasteiger partial charge < -0.3 is 14.8 Å². The lowest BCUT2D eigenvalue weighted by Gasteiger charge is -2.28. The number of pyridine rings is 1. The van der Waals surface area contributed by atoms with Crippen LogP contribution in [0.1, 0.15) is 52.9 Å². The number of carbonyl (C=O) groups excluding carboxylic acids is 1. The largest absolute Gasteiger partial charge is 0.391 e. The molecule has 34 heavy (non-hydrogen) atoms. The number of aromatic nitrogens is 4. The predicted octanol–water partition coefficient (Wildman–Crippen LogP) is 3.81. The lowest BCUT2D eigenvalue weighted by molar-refractivity contribution is 0.0718. The number of fused-ring (bicyclic) bond motifs is 1. The minimum absolute atomic E-state index is 0.265. The molecule has 0 bridgehead atoms. The highest BCUT2D eigenvalue weighted by Crippen LogP contribution is 2.26. The first kappa shape index (κ1) is 22.3. The van der Waals surface area contributed by atoms with Crippen molar-refractivity contribution in [1.82, 2.24) is 24.5 Å². The summed E-state index contributed by atoms with van der Waals surface area (Å²) in [6, 6.07) is 6.73. The summed E-state index contributed by atoms with van der Waals surface area (Å²) in [5.74, 6) is -0.571. The van der Waals surface area contributed by atoms with Gasteiger partial charge in [0.25, 0.3) is 5.91 Å². The second-order valence-corrected chi connectivity index (χ2v) is 9.11. The smallest absolute Gasteiger partial charge is 0.255 e. The molecule has 1 fully saturated rings. The number of carbonyl (C=O) groups is 1. The van der Waals surface area contributed by atoms with Crippen molar-refractivity contribution in [3.63, 3.8) is 0 Å². The summed E-state index contributed by atoms with van der Waals surface area (Å²) in [5, 5.41) is 17.4. The molecule has 0 saturated heterocycles. The van der Waals surface area contributed by atoms with Gasteiger partial charge in [-0.05, 0) is 48.6 Å². The lowest BCUT2D eigenvalue weighted by Crippen LogP contribution is -2.45. The maximum absolute atomic E-state index is 15.1. The van der Waals surface area contributed by atoms with Crippen LogP contribution in [0.5, 0.6) is 0 Å². The molecule has 1 aliphatic carbocycles. The van der Waals surface area contributed by atoms with E-state index in [1.807, 2.05) is 36.8 Å². The number of aliphatic hydroxyl groups is 1. The second kappa shape index (κ2) is 9.02. The van der Waals surface area contributed by atoms with E-state index in [-0.39, 0.29) is 17.8 Å². The molecule has 8 heteroatoms. The van der Waals surface area contributed by atoms with Crippen LogP contribution in [0.2, 0.25) is 0 Å². The van der Waals surface area contributed by atoms with Gasteiger partial charge in [-0.1, -0.05) is 25.0 Å². The van der Waals surface area contributed by atoms with Crippen LogP contribution in [0.25, 0.3) is 16.8 Å². The third-order valence-electron chi connectivity index (χ3n) is 6.79. The number of hydrogen-bond acceptors (Lipinski definition) is 4. The zero-order valence-electron chi connectivity index (χ0n) is 19.3. The molecule has 4 aromatic rings. The third-order valence-corrected chi connectivity index (χ3v) is 6.79. The van der Waals surface area contributed by atoms with Crippen molar-refractivity contribution >= 4 is 11.6 Å². The maximum Gasteiger partial charge on any atom is 0.255 e. The molecule has 0 unspecified atom stereocenters. The van der Waals surface area contributed by atoms with Gasteiger partial charge in [0.15, 0.2) is 0 Å². The van der Waals surface area contributed by atoms with Crippen LogP contribution < -0.4 is 5.32 Å². The van der Waals surface area contributed by atoms with Crippen molar-refractivity contribution < 1.29 is 14.3 Å². The summed E-state index contributed by atoms with van der Waals surface area (Å²) in [5.41, 5.74) is 4.89. The molecule has 5 rings (SSSR count). The van der Waals surface area contributed by atoms with E-state index in [0.717, 1.165) is 41.6 Å². The first-order chi connectivity index (χ1) is 16.4. The van der Waals surface area contributed by atoms with Gasteiger partial charge in [0.05, 0.1) is 23.9 Å². The molecule has 0 radical (unpaired) electrons. The Morgan fingerprint density at radius 1 is 1.21 bits per heavy atom. The van der Waals surface area contributed by atoms with Gasteiger partial charge in [-0.25, -0.2) is 9.37 Å². The van der Waals surface area contributed by atoms with E-state index in [2.05, 4.69) is 15.4 Å². The molecule has 3 heterocycles. The van der Waals surface area contributed by atoms with Gasteiger partial charge in [0, 0.05) is 43.3 Å². The predicted molar refractivity (Wildman–Crippen MR) is 127 cm³/mol. The van der Waals surface area contributed by atoms with Crippen LogP contribution in [0, 0.1) is 12.7 Å². The zero-order chi connectivity index (χ0) is 23.8. The molecule has 0 spiro atoms. The van der Waals surface area contributed by atoms with E-state index in [4.69, 9.17) is 0 Å². The minimum Gasteiger partial charge on any atom is -0.391 e. The molecule has 3 aromatic heterocycles. The molecule has 1 aliphatic rings. The number of rotatable bonds is 5. The normalized spacial score (nSPS) is 18.4. The summed E-state index contributed by atoms with van der Waals surface area (Å²) in [7, 11) is 1.83. The fourth-order valence-corrected chi connectivity index (χ4v) is 4.79. The van der Waals surface area contributed by atoms with Crippen molar-refractivity contribution in [3.05, 3.63) is 77.3 Å². The number of amides is 1. The molecular formula is C26H28FN5O2. The number of aliphatic hydroxyl groups excluding tert-OH is 1. The number of nitrogens with one attached hydrogen (secondary N) is 1. The summed E-state index contributed by atoms with van der Waals surface area (Å²) in [6.45, 7) is 1.94. The Bertz CT molecular complexity index is 1360. The van der Waals surface area contributed by atoms with Gasteiger partial charge in [0.1, 0.15) is 11.5 Å². The standard InChI is InChI=1S/C26H28FN5O2/c1-16-19(11-18-8-7-17(13-22(18)27)20-14-29-31(2)15-20)12-21(25-28-9-10-32(16)25)26(34)30-23-5-3-4-6-24(23)33/h7-10,12-15,23-24,33H,3-6,11H2,1-2H3,(H,30,34)/t23-,24-/m0/s1. The third kappa shape index (κ3) is 4.21. The molecule has 2 N–H and O–H groups in total. The van der Waals surface area contributed by atoms with Crippen molar-refractivity contribution in [2.24, 2.45) is 7.05 Å². The number of imidazole rings is 1. The highest BCUT2D eigenvalue weighted by atomic mass is 19.1. The SMILES string of the molecule is Cc1c(Cc2ccc(-c3cnn(C)c3)cc2F)cc(C(=O)N[C@H]2CCCC[C@@H]2O)c2nccn12. The number of hydrogen-bond donors (Lipinski definition) is 2. The monoisotopic (exact) mass is 461 g/mol. The summed E-state index contributed by atoms with van der Waals surface area (Å²) in [6.07, 6.45) is 10.2. The lowest BCUT2D eigenvalue weighted by atomic mass is 9.92. The van der Waals surface area contributed by atoms with E-state index in [9.17, 15) is 9.90 Å². The first-order valence-electron chi connectivity index (χ1n) is 11.6. The highest BCUT2D eigenvalue weighted by molar-refractivity contribution is 6.00. The molecule has 2 atom stereocenters. The second-order valence-electron chi connectivity index (χ2n) is 9.11. The molecule has 0 aliphatic heterocycles. The average Bonchev–Trinajstić information content (AvgIpc) is 3.48. The highest BCUT2D eigenvalue weighted by Gasteiger charge is 2.26. The molecule has 176 valence electrons. The van der Waals surface area contributed by atoms with Crippen LogP contribution in [-0.2, 0) is 13.5 Å². The Morgan fingerprint density at radius 2 is 2.03 bits per heavy atom. The molecule has 1 amide bonds. The van der Waals surface area contributed by atoms with E-state index in [0.29, 0.717) is 29.6 Å². The van der Waals surface area contributed by atoms with Gasteiger partial charge in [0.2, 0.25) is 0 Å². The number of aryl methyl sites for hydroxylation is 2. The van der Waals surface area contributed by atoms with E-state index in [1.54, 1.807) is 29.2 Å². The topological polar surface area (TPSA) is 84.5 Å². The van der Waals surface area contributed by atoms with E-state index in [1.165, 1.54) is 6.07 Å². The van der Waals surface area contributed by atoms with Gasteiger partial charge >= 0.3 is 0 Å². The maximum atomic E-state index is 15.1. The summed E-state index contributed by atoms with van der Waals surface area (Å²) in [4.78, 5) is 17.6. The Balaban J connectivity index is 1.46. The number of nitrogens with zero attached hydrogens (tertiary/aromatic N) is 4. The quantitative estimate of drug-likeness (QED) is 0.473. The van der Waals surface area contributed by atoms with Crippen LogP contribution in [-0.4, -0.2) is 42.3 Å². The molecule has 1 saturated carbocycles. The van der Waals surface area contributed by atoms with Crippen LogP contribution in [0.3, 0.4) is 0 Å². The van der Waals surface area contributed by atoms with E-state index >= 15 is 4.39 Å². The van der Waals surface area contributed by atoms with Crippen molar-refractivity contribution in [2.75, 3.05) is 0 Å². The van der Waals surface area contributed by atoms with Crippen LogP contribution in [0.15, 0.2) is 49.1 Å². The molecular weight excluding hydrogens is 433 g/mol. The van der Waals surface area contributed by atoms with Crippen LogP contribution in [0.4, 0.5) is 4.39 Å². The Kier molecular flexibility index (Phi) is 5.91. The van der Waals surface area contributed by atoms with Gasteiger partial charge in [-0.15, -0.1) is 0 Å². The van der Waals surface area contributed by atoms with Gasteiger partial charge in [-0.2, -0.15) is 5.10 Å². The molecule has 1 aromatic carbocycles. The van der Waals surface area contributed by atoms with E-state index < -0.39 is 6.10 Å². The van der Waals surface area contributed by atoms with Crippen molar-refractivity contribution in [2.45, 2.75) is 51.2 Å². The molecule has 7 nitrogen and oxygen atoms in total. The fraction of sp³-hybridized carbons (Fsp3) is 0.346. The van der Waals surface area contributed by atoms with Crippen LogP contribution >= 0.6 is 0 Å².